The fraction of sp³-hybridized carbons (Fsp3) is 0.900. The van der Waals surface area contributed by atoms with Crippen molar-refractivity contribution in [2.24, 2.45) is 23.0 Å². The number of nitrogens with two attached hydrogens (primary N) is 1. The van der Waals surface area contributed by atoms with Crippen molar-refractivity contribution >= 4 is 5.91 Å². The molecule has 1 unspecified atom stereocenters. The Morgan fingerprint density at radius 2 is 2.07 bits per heavy atom. The SMILES string of the molecule is CC(C)(CN)C(=O)NC1[C@H]2CNC[C@@H]12. The Morgan fingerprint density at radius 1 is 1.50 bits per heavy atom. The highest BCUT2D eigenvalue weighted by molar-refractivity contribution is 5.82. The van der Waals surface area contributed by atoms with Gasteiger partial charge in [0.05, 0.1) is 5.41 Å². The van der Waals surface area contributed by atoms with Crippen LogP contribution in [-0.2, 0) is 4.79 Å². The van der Waals surface area contributed by atoms with E-state index in [4.69, 9.17) is 5.73 Å². The molecular weight excluding hydrogens is 178 g/mol. The summed E-state index contributed by atoms with van der Waals surface area (Å²) in [5.41, 5.74) is 5.12. The molecule has 1 aliphatic carbocycles. The van der Waals surface area contributed by atoms with Crippen LogP contribution in [0.3, 0.4) is 0 Å². The molecule has 3 atom stereocenters. The molecule has 2 aliphatic rings. The van der Waals surface area contributed by atoms with Gasteiger partial charge >= 0.3 is 0 Å². The lowest BCUT2D eigenvalue weighted by molar-refractivity contribution is -0.129. The number of hydrogen-bond acceptors (Lipinski definition) is 3. The molecule has 80 valence electrons. The van der Waals surface area contributed by atoms with Crippen LogP contribution in [0, 0.1) is 17.3 Å². The van der Waals surface area contributed by atoms with Crippen molar-refractivity contribution in [1.29, 1.82) is 0 Å². The summed E-state index contributed by atoms with van der Waals surface area (Å²) in [6.45, 7) is 6.29. The zero-order chi connectivity index (χ0) is 10.3. The lowest BCUT2D eigenvalue weighted by atomic mass is 9.92. The first kappa shape index (κ1) is 9.93. The highest BCUT2D eigenvalue weighted by Gasteiger charge is 2.54. The Kier molecular flexibility index (Phi) is 2.27. The number of nitrogens with one attached hydrogen (secondary N) is 2. The summed E-state index contributed by atoms with van der Waals surface area (Å²) >= 11 is 0. The van der Waals surface area contributed by atoms with Crippen LogP contribution in [0.1, 0.15) is 13.8 Å². The molecule has 0 aromatic heterocycles. The molecule has 0 radical (unpaired) electrons. The molecule has 1 saturated heterocycles. The lowest BCUT2D eigenvalue weighted by Crippen LogP contribution is -2.44. The molecule has 1 aliphatic heterocycles. The van der Waals surface area contributed by atoms with Crippen LogP contribution in [0.2, 0.25) is 0 Å². The number of carbonyl (C=O) groups is 1. The van der Waals surface area contributed by atoms with Gasteiger partial charge in [0, 0.05) is 25.7 Å². The molecule has 4 nitrogen and oxygen atoms in total. The van der Waals surface area contributed by atoms with Crippen molar-refractivity contribution in [2.75, 3.05) is 19.6 Å². The Labute approximate surface area is 84.6 Å². The standard InChI is InChI=1S/C10H19N3O/c1-10(2,5-11)9(14)13-8-6-3-12-4-7(6)8/h6-8,12H,3-5,11H2,1-2H3,(H,13,14)/t6-,7+,8?. The number of piperidine rings is 1. The Morgan fingerprint density at radius 3 is 2.57 bits per heavy atom. The van der Waals surface area contributed by atoms with E-state index in [1.807, 2.05) is 13.8 Å². The molecular formula is C10H19N3O. The van der Waals surface area contributed by atoms with Gasteiger partial charge < -0.3 is 16.4 Å². The normalized spacial score (nSPS) is 35.2. The third-order valence-corrected chi connectivity index (χ3v) is 3.51. The molecule has 2 rings (SSSR count). The number of carbonyl (C=O) groups excluding carboxylic acids is 1. The van der Waals surface area contributed by atoms with Crippen molar-refractivity contribution in [3.8, 4) is 0 Å². The van der Waals surface area contributed by atoms with E-state index in [0.717, 1.165) is 13.1 Å². The molecule has 0 aromatic rings. The second-order valence-electron chi connectivity index (χ2n) is 5.07. The monoisotopic (exact) mass is 197 g/mol. The second kappa shape index (κ2) is 3.21. The van der Waals surface area contributed by atoms with Gasteiger partial charge in [-0.05, 0) is 25.7 Å². The maximum absolute atomic E-state index is 11.8. The van der Waals surface area contributed by atoms with Crippen molar-refractivity contribution in [3.63, 3.8) is 0 Å². The summed E-state index contributed by atoms with van der Waals surface area (Å²) < 4.78 is 0. The van der Waals surface area contributed by atoms with Crippen molar-refractivity contribution in [2.45, 2.75) is 19.9 Å². The van der Waals surface area contributed by atoms with Crippen LogP contribution in [-0.4, -0.2) is 31.6 Å². The van der Waals surface area contributed by atoms with Crippen LogP contribution < -0.4 is 16.4 Å². The maximum Gasteiger partial charge on any atom is 0.227 e. The van der Waals surface area contributed by atoms with E-state index in [2.05, 4.69) is 10.6 Å². The highest BCUT2D eigenvalue weighted by atomic mass is 16.2. The van der Waals surface area contributed by atoms with Crippen molar-refractivity contribution in [1.82, 2.24) is 10.6 Å². The third kappa shape index (κ3) is 1.53. The summed E-state index contributed by atoms with van der Waals surface area (Å²) in [5.74, 6) is 1.44. The molecule has 1 amide bonds. The van der Waals surface area contributed by atoms with Crippen molar-refractivity contribution in [3.05, 3.63) is 0 Å². The zero-order valence-corrected chi connectivity index (χ0v) is 8.84. The first-order valence-corrected chi connectivity index (χ1v) is 5.28. The number of amides is 1. The summed E-state index contributed by atoms with van der Waals surface area (Å²) in [5, 5.41) is 6.39. The smallest absolute Gasteiger partial charge is 0.227 e. The van der Waals surface area contributed by atoms with E-state index in [-0.39, 0.29) is 5.91 Å². The largest absolute Gasteiger partial charge is 0.352 e. The molecule has 2 fully saturated rings. The van der Waals surface area contributed by atoms with Gasteiger partial charge in [0.15, 0.2) is 0 Å². The minimum absolute atomic E-state index is 0.0967. The zero-order valence-electron chi connectivity index (χ0n) is 8.84. The molecule has 0 bridgehead atoms. The highest BCUT2D eigenvalue weighted by Crippen LogP contribution is 2.41. The molecule has 14 heavy (non-hydrogen) atoms. The van der Waals surface area contributed by atoms with Gasteiger partial charge in [0.25, 0.3) is 0 Å². The average molecular weight is 197 g/mol. The number of rotatable bonds is 3. The van der Waals surface area contributed by atoms with Crippen LogP contribution in [0.25, 0.3) is 0 Å². The van der Waals surface area contributed by atoms with Crippen LogP contribution in [0.5, 0.6) is 0 Å². The Balaban J connectivity index is 1.84. The maximum atomic E-state index is 11.8. The topological polar surface area (TPSA) is 67.2 Å². The van der Waals surface area contributed by atoms with E-state index in [1.165, 1.54) is 0 Å². The summed E-state index contributed by atoms with van der Waals surface area (Å²) in [6.07, 6.45) is 0. The van der Waals surface area contributed by atoms with Crippen LogP contribution in [0.4, 0.5) is 0 Å². The predicted octanol–water partition coefficient (Wildman–Crippen LogP) is -0.695. The molecule has 0 spiro atoms. The number of fused-ring (bicyclic) bond motifs is 1. The lowest BCUT2D eigenvalue weighted by Gasteiger charge is -2.22. The number of hydrogen-bond donors (Lipinski definition) is 3. The quantitative estimate of drug-likeness (QED) is 0.561. The molecule has 0 aromatic carbocycles. The Bertz CT molecular complexity index is 242. The van der Waals surface area contributed by atoms with Gasteiger partial charge in [0.1, 0.15) is 0 Å². The summed E-state index contributed by atoms with van der Waals surface area (Å²) in [4.78, 5) is 11.8. The van der Waals surface area contributed by atoms with Gasteiger partial charge in [-0.15, -0.1) is 0 Å². The van der Waals surface area contributed by atoms with Gasteiger partial charge in [-0.1, -0.05) is 0 Å². The van der Waals surface area contributed by atoms with Crippen LogP contribution in [0.15, 0.2) is 0 Å². The van der Waals surface area contributed by atoms with Crippen molar-refractivity contribution < 1.29 is 4.79 Å². The van der Waals surface area contributed by atoms with E-state index in [0.29, 0.717) is 24.4 Å². The minimum Gasteiger partial charge on any atom is -0.352 e. The van der Waals surface area contributed by atoms with E-state index >= 15 is 0 Å². The first-order valence-electron chi connectivity index (χ1n) is 5.28. The minimum atomic E-state index is -0.426. The van der Waals surface area contributed by atoms with Gasteiger partial charge in [0.2, 0.25) is 5.91 Å². The van der Waals surface area contributed by atoms with Gasteiger partial charge in [-0.25, -0.2) is 0 Å². The summed E-state index contributed by atoms with van der Waals surface area (Å²) in [7, 11) is 0. The van der Waals surface area contributed by atoms with E-state index in [1.54, 1.807) is 0 Å². The molecule has 4 N–H and O–H groups in total. The fourth-order valence-electron chi connectivity index (χ4n) is 2.07. The van der Waals surface area contributed by atoms with E-state index < -0.39 is 5.41 Å². The average Bonchev–Trinajstić information content (AvgIpc) is 2.64. The van der Waals surface area contributed by atoms with Crippen LogP contribution >= 0.6 is 0 Å². The molecule has 1 heterocycles. The third-order valence-electron chi connectivity index (χ3n) is 3.51. The fourth-order valence-corrected chi connectivity index (χ4v) is 2.07. The van der Waals surface area contributed by atoms with Gasteiger partial charge in [-0.2, -0.15) is 0 Å². The second-order valence-corrected chi connectivity index (χ2v) is 5.07. The first-order chi connectivity index (χ1) is 6.56. The van der Waals surface area contributed by atoms with E-state index in [9.17, 15) is 4.79 Å². The predicted molar refractivity (Wildman–Crippen MR) is 54.6 cm³/mol. The Hall–Kier alpha value is -0.610. The molecule has 4 heteroatoms. The van der Waals surface area contributed by atoms with Gasteiger partial charge in [-0.3, -0.25) is 4.79 Å². The summed E-state index contributed by atoms with van der Waals surface area (Å²) in [6, 6.07) is 0.412. The molecule has 1 saturated carbocycles.